The van der Waals surface area contributed by atoms with Gasteiger partial charge in [0.2, 0.25) is 0 Å². The van der Waals surface area contributed by atoms with Crippen LogP contribution in [0.25, 0.3) is 72.0 Å². The fourth-order valence-corrected chi connectivity index (χ4v) is 7.52. The first kappa shape index (κ1) is 29.0. The van der Waals surface area contributed by atoms with Crippen LogP contribution >= 0.6 is 7.14 Å². The predicted octanol–water partition coefficient (Wildman–Crippen LogP) is 11.7. The van der Waals surface area contributed by atoms with Crippen LogP contribution in [0.1, 0.15) is 0 Å². The Bertz CT molecular complexity index is 2430. The molecular weight excluding hydrogens is 589 g/mol. The average Bonchev–Trinajstić information content (AvgIpc) is 3.45. The van der Waals surface area contributed by atoms with Gasteiger partial charge in [-0.25, -0.2) is 0 Å². The van der Waals surface area contributed by atoms with Gasteiger partial charge in [-0.05, 0) is 106 Å². The zero-order valence-corrected chi connectivity index (χ0v) is 27.4. The Labute approximate surface area is 276 Å². The first-order valence-electron chi connectivity index (χ1n) is 16.0. The number of fused-ring (bicyclic) bond motifs is 3. The molecule has 226 valence electrons. The normalized spacial score (nSPS) is 11.7. The van der Waals surface area contributed by atoms with Crippen molar-refractivity contribution in [2.24, 2.45) is 0 Å². The third-order valence-electron chi connectivity index (χ3n) is 9.10. The molecule has 0 amide bonds. The van der Waals surface area contributed by atoms with Crippen LogP contribution in [0.3, 0.4) is 0 Å². The van der Waals surface area contributed by atoms with Crippen LogP contribution in [-0.2, 0) is 4.57 Å². The molecule has 0 bridgehead atoms. The summed E-state index contributed by atoms with van der Waals surface area (Å²) in [6.07, 6.45) is 0. The number of hydrogen-bond acceptors (Lipinski definition) is 1. The lowest BCUT2D eigenvalue weighted by Crippen LogP contribution is -2.02. The minimum Gasteiger partial charge on any atom is -0.319 e. The lowest BCUT2D eigenvalue weighted by molar-refractivity contribution is 0.588. The molecule has 1 aromatic heterocycles. The number of rotatable bonds is 6. The van der Waals surface area contributed by atoms with Crippen molar-refractivity contribution < 1.29 is 4.57 Å². The summed E-state index contributed by atoms with van der Waals surface area (Å²) in [4.78, 5) is 0. The highest BCUT2D eigenvalue weighted by molar-refractivity contribution is 7.70. The highest BCUT2D eigenvalue weighted by Gasteiger charge is 2.16. The van der Waals surface area contributed by atoms with Gasteiger partial charge in [0.05, 0.1) is 11.0 Å². The molecule has 0 unspecified atom stereocenters. The van der Waals surface area contributed by atoms with Crippen LogP contribution in [0.15, 0.2) is 170 Å². The molecule has 0 saturated heterocycles. The van der Waals surface area contributed by atoms with Crippen LogP contribution in [0.2, 0.25) is 0 Å². The van der Waals surface area contributed by atoms with Gasteiger partial charge < -0.3 is 9.13 Å². The van der Waals surface area contributed by atoms with Crippen molar-refractivity contribution >= 4 is 34.3 Å². The fraction of sp³-hybridized carbons (Fsp3) is 0.0455. The highest BCUT2D eigenvalue weighted by Crippen LogP contribution is 2.39. The molecule has 0 fully saturated rings. The first-order chi connectivity index (χ1) is 22.9. The van der Waals surface area contributed by atoms with Gasteiger partial charge in [0.15, 0.2) is 0 Å². The Kier molecular flexibility index (Phi) is 7.24. The molecule has 3 heteroatoms. The topological polar surface area (TPSA) is 22.0 Å². The van der Waals surface area contributed by atoms with E-state index in [1.807, 2.05) is 25.5 Å². The van der Waals surface area contributed by atoms with Gasteiger partial charge in [-0.2, -0.15) is 0 Å². The summed E-state index contributed by atoms with van der Waals surface area (Å²) < 4.78 is 15.2. The molecule has 0 aliphatic heterocycles. The Morgan fingerprint density at radius 3 is 1.36 bits per heavy atom. The van der Waals surface area contributed by atoms with E-state index in [1.54, 1.807) is 0 Å². The summed E-state index contributed by atoms with van der Waals surface area (Å²) >= 11 is 0. The highest BCUT2D eigenvalue weighted by atomic mass is 31.2. The third kappa shape index (κ3) is 5.52. The monoisotopic (exact) mass is 623 g/mol. The Morgan fingerprint density at radius 2 is 0.787 bits per heavy atom. The van der Waals surface area contributed by atoms with Gasteiger partial charge in [-0.3, -0.25) is 0 Å². The summed E-state index contributed by atoms with van der Waals surface area (Å²) in [7, 11) is -2.36. The molecule has 0 spiro atoms. The van der Waals surface area contributed by atoms with E-state index in [0.29, 0.717) is 0 Å². The summed E-state index contributed by atoms with van der Waals surface area (Å²) in [6.45, 7) is 3.66. The van der Waals surface area contributed by atoms with Crippen LogP contribution in [0, 0.1) is 0 Å². The van der Waals surface area contributed by atoms with Crippen molar-refractivity contribution in [2.75, 3.05) is 13.3 Å². The second-order valence-electron chi connectivity index (χ2n) is 12.6. The van der Waals surface area contributed by atoms with E-state index in [1.165, 1.54) is 44.1 Å². The van der Waals surface area contributed by atoms with Gasteiger partial charge >= 0.3 is 0 Å². The molecule has 0 atom stereocenters. The molecule has 0 aliphatic carbocycles. The summed E-state index contributed by atoms with van der Waals surface area (Å²) in [5.41, 5.74) is 12.8. The molecular formula is C44H34NOP. The van der Waals surface area contributed by atoms with Crippen LogP contribution in [0.5, 0.6) is 0 Å². The van der Waals surface area contributed by atoms with Crippen molar-refractivity contribution in [2.45, 2.75) is 0 Å². The van der Waals surface area contributed by atoms with Gasteiger partial charge in [0.25, 0.3) is 0 Å². The van der Waals surface area contributed by atoms with Crippen molar-refractivity contribution in [3.63, 3.8) is 0 Å². The molecule has 0 radical (unpaired) electrons. The zero-order valence-electron chi connectivity index (χ0n) is 26.5. The summed E-state index contributed by atoms with van der Waals surface area (Å²) in [6, 6.07) is 60.5. The lowest BCUT2D eigenvalue weighted by atomic mass is 9.97. The molecule has 1 heterocycles. The first-order valence-corrected chi connectivity index (χ1v) is 18.6. The Morgan fingerprint density at radius 1 is 0.383 bits per heavy atom. The smallest absolute Gasteiger partial charge is 0.109 e. The number of para-hydroxylation sites is 1. The van der Waals surface area contributed by atoms with Gasteiger partial charge in [-0.1, -0.05) is 121 Å². The van der Waals surface area contributed by atoms with Crippen LogP contribution < -0.4 is 5.30 Å². The number of hydrogen-bond donors (Lipinski definition) is 0. The molecule has 0 N–H and O–H groups in total. The molecule has 8 aromatic rings. The minimum absolute atomic E-state index is 0.904. The molecule has 0 saturated carbocycles. The van der Waals surface area contributed by atoms with E-state index in [-0.39, 0.29) is 0 Å². The molecule has 47 heavy (non-hydrogen) atoms. The summed E-state index contributed by atoms with van der Waals surface area (Å²) in [5.74, 6) is 0. The molecule has 8 rings (SSSR count). The molecule has 2 nitrogen and oxygen atoms in total. The maximum absolute atomic E-state index is 12.8. The van der Waals surface area contributed by atoms with E-state index >= 15 is 0 Å². The van der Waals surface area contributed by atoms with Crippen LogP contribution in [0.4, 0.5) is 0 Å². The maximum Gasteiger partial charge on any atom is 0.109 e. The minimum atomic E-state index is -2.36. The van der Waals surface area contributed by atoms with E-state index in [2.05, 4.69) is 162 Å². The number of nitrogens with zero attached hydrogens (tertiary/aromatic N) is 1. The predicted molar refractivity (Wildman–Crippen MR) is 202 cm³/mol. The molecule has 0 aliphatic rings. The van der Waals surface area contributed by atoms with E-state index < -0.39 is 7.14 Å². The quantitative estimate of drug-likeness (QED) is 0.169. The van der Waals surface area contributed by atoms with Gasteiger partial charge in [0.1, 0.15) is 7.14 Å². The van der Waals surface area contributed by atoms with E-state index in [9.17, 15) is 4.57 Å². The SMILES string of the molecule is CP(C)(=O)c1cccc(-c2cccc(-c3ccc4c(c3)c3cc(-c5ccc(-c6ccccc6)cc5)ccc3n4-c3ccccc3)c2)c1. The maximum atomic E-state index is 12.8. The number of aromatic nitrogens is 1. The second-order valence-corrected chi connectivity index (χ2v) is 15.8. The Hall–Kier alpha value is -5.43. The standard InChI is InChI=1S/C44H34NOP/c1-47(2,46)40-18-10-15-36(28-40)34-13-9-14-35(27-34)38-24-26-44-42(30-38)41-29-37(23-25-43(41)45(44)39-16-7-4-8-17-39)33-21-19-32(20-22-33)31-11-5-3-6-12-31/h3-30H,1-2H3. The average molecular weight is 624 g/mol. The van der Waals surface area contributed by atoms with E-state index in [0.717, 1.165) is 33.2 Å². The largest absolute Gasteiger partial charge is 0.319 e. The van der Waals surface area contributed by atoms with E-state index in [4.69, 9.17) is 0 Å². The fourth-order valence-electron chi connectivity index (χ4n) is 6.62. The van der Waals surface area contributed by atoms with Crippen LogP contribution in [-0.4, -0.2) is 17.9 Å². The van der Waals surface area contributed by atoms with Gasteiger partial charge in [-0.15, -0.1) is 0 Å². The number of benzene rings is 7. The van der Waals surface area contributed by atoms with Crippen molar-refractivity contribution in [1.82, 2.24) is 4.57 Å². The Balaban J connectivity index is 1.26. The van der Waals surface area contributed by atoms with Crippen molar-refractivity contribution in [3.8, 4) is 50.2 Å². The van der Waals surface area contributed by atoms with Crippen molar-refractivity contribution in [1.29, 1.82) is 0 Å². The van der Waals surface area contributed by atoms with Gasteiger partial charge in [0, 0.05) is 21.8 Å². The lowest BCUT2D eigenvalue weighted by Gasteiger charge is -2.11. The second kappa shape index (κ2) is 11.7. The zero-order chi connectivity index (χ0) is 32.0. The molecule has 7 aromatic carbocycles. The third-order valence-corrected chi connectivity index (χ3v) is 10.6. The van der Waals surface area contributed by atoms with Crippen molar-refractivity contribution in [3.05, 3.63) is 170 Å². The summed E-state index contributed by atoms with van der Waals surface area (Å²) in [5, 5.41) is 3.34.